The average Bonchev–Trinajstić information content (AvgIpc) is 3.25. The van der Waals surface area contributed by atoms with Crippen molar-refractivity contribution in [3.05, 3.63) is 72.3 Å². The van der Waals surface area contributed by atoms with Crippen molar-refractivity contribution >= 4 is 28.1 Å². The highest BCUT2D eigenvalue weighted by atomic mass is 16.1. The van der Waals surface area contributed by atoms with E-state index in [1.54, 1.807) is 23.1 Å². The van der Waals surface area contributed by atoms with Crippen LogP contribution in [0.4, 0.5) is 5.82 Å². The summed E-state index contributed by atoms with van der Waals surface area (Å²) >= 11 is 0. The maximum absolute atomic E-state index is 12.9. The smallest absolute Gasteiger partial charge is 0.256 e. The van der Waals surface area contributed by atoms with Crippen LogP contribution in [0.3, 0.4) is 0 Å². The number of hydrogen-bond acceptors (Lipinski definition) is 6. The molecule has 1 amide bonds. The molecule has 3 aromatic heterocycles. The third kappa shape index (κ3) is 4.13. The van der Waals surface area contributed by atoms with Crippen molar-refractivity contribution in [3.63, 3.8) is 0 Å². The van der Waals surface area contributed by atoms with Crippen molar-refractivity contribution in [1.82, 2.24) is 29.9 Å². The lowest BCUT2D eigenvalue weighted by Gasteiger charge is -2.21. The fraction of sp³-hybridized carbons (Fsp3) is 0.208. The lowest BCUT2D eigenvalue weighted by atomic mass is 10.0. The molecule has 1 N–H and O–H groups in total. The van der Waals surface area contributed by atoms with Crippen LogP contribution in [-0.4, -0.2) is 55.9 Å². The zero-order chi connectivity index (χ0) is 22.1. The normalized spacial score (nSPS) is 14.4. The number of likely N-dealkylation sites (N-methyl/N-ethyl adjacent to an activating group) is 1. The zero-order valence-electron chi connectivity index (χ0n) is 18.0. The molecule has 0 saturated heterocycles. The minimum Gasteiger partial charge on any atom is -0.307 e. The van der Waals surface area contributed by atoms with Crippen LogP contribution in [0.2, 0.25) is 0 Å². The van der Waals surface area contributed by atoms with Gasteiger partial charge < -0.3 is 10.2 Å². The molecule has 0 bridgehead atoms. The summed E-state index contributed by atoms with van der Waals surface area (Å²) in [7, 11) is 3.93. The van der Waals surface area contributed by atoms with Gasteiger partial charge in [0.05, 0.1) is 11.9 Å². The minimum atomic E-state index is -0.209. The second-order valence-electron chi connectivity index (χ2n) is 8.03. The first-order valence-electron chi connectivity index (χ1n) is 10.5. The van der Waals surface area contributed by atoms with Crippen LogP contribution >= 0.6 is 0 Å². The maximum Gasteiger partial charge on any atom is 0.256 e. The highest BCUT2D eigenvalue weighted by molar-refractivity contribution is 6.05. The third-order valence-electron chi connectivity index (χ3n) is 5.63. The van der Waals surface area contributed by atoms with Crippen LogP contribution in [0.25, 0.3) is 27.6 Å². The fourth-order valence-corrected chi connectivity index (χ4v) is 3.79. The Bertz CT molecular complexity index is 1340. The van der Waals surface area contributed by atoms with E-state index >= 15 is 0 Å². The lowest BCUT2D eigenvalue weighted by Crippen LogP contribution is -2.24. The van der Waals surface area contributed by atoms with Gasteiger partial charge in [-0.2, -0.15) is 0 Å². The number of aryl methyl sites for hydroxylation is 1. The summed E-state index contributed by atoms with van der Waals surface area (Å²) in [5.74, 6) is 0.287. The molecule has 4 heterocycles. The van der Waals surface area contributed by atoms with E-state index in [2.05, 4.69) is 43.6 Å². The predicted molar refractivity (Wildman–Crippen MR) is 124 cm³/mol. The Morgan fingerprint density at radius 3 is 2.72 bits per heavy atom. The van der Waals surface area contributed by atoms with E-state index in [1.807, 2.05) is 43.6 Å². The number of pyridine rings is 2. The van der Waals surface area contributed by atoms with E-state index in [0.29, 0.717) is 11.4 Å². The number of benzene rings is 1. The molecule has 0 radical (unpaired) electrons. The number of rotatable bonds is 4. The first-order chi connectivity index (χ1) is 15.5. The quantitative estimate of drug-likeness (QED) is 0.539. The number of amides is 1. The molecule has 0 unspecified atom stereocenters. The molecule has 4 aromatic rings. The van der Waals surface area contributed by atoms with E-state index in [9.17, 15) is 4.79 Å². The van der Waals surface area contributed by atoms with Gasteiger partial charge in [0, 0.05) is 49.0 Å². The van der Waals surface area contributed by atoms with Gasteiger partial charge in [0.15, 0.2) is 0 Å². The molecule has 32 heavy (non-hydrogen) atoms. The Hall–Kier alpha value is -3.91. The number of hydrogen-bond donors (Lipinski definition) is 1. The molecule has 8 nitrogen and oxygen atoms in total. The van der Waals surface area contributed by atoms with Gasteiger partial charge in [-0.25, -0.2) is 4.98 Å². The van der Waals surface area contributed by atoms with Crippen LogP contribution in [0.5, 0.6) is 0 Å². The zero-order valence-corrected chi connectivity index (χ0v) is 18.0. The van der Waals surface area contributed by atoms with Crippen molar-refractivity contribution in [1.29, 1.82) is 0 Å². The Labute approximate surface area is 185 Å². The van der Waals surface area contributed by atoms with Gasteiger partial charge in [-0.3, -0.25) is 14.5 Å². The maximum atomic E-state index is 12.9. The van der Waals surface area contributed by atoms with E-state index in [-0.39, 0.29) is 5.91 Å². The lowest BCUT2D eigenvalue weighted by molar-refractivity contribution is 0.102. The number of nitrogens with one attached hydrogen (secondary N) is 1. The van der Waals surface area contributed by atoms with E-state index in [1.165, 1.54) is 5.57 Å². The highest BCUT2D eigenvalue weighted by Crippen LogP contribution is 2.25. The monoisotopic (exact) mass is 425 g/mol. The Kier molecular flexibility index (Phi) is 5.20. The van der Waals surface area contributed by atoms with Crippen molar-refractivity contribution in [2.75, 3.05) is 25.5 Å². The first-order valence-corrected chi connectivity index (χ1v) is 10.5. The number of fused-ring (bicyclic) bond motifs is 1. The van der Waals surface area contributed by atoms with Crippen molar-refractivity contribution < 1.29 is 4.79 Å². The first kappa shape index (κ1) is 20.0. The number of anilines is 1. The summed E-state index contributed by atoms with van der Waals surface area (Å²) in [4.78, 5) is 24.0. The molecule has 1 aliphatic rings. The average molecular weight is 425 g/mol. The molecule has 0 fully saturated rings. The standard InChI is InChI=1S/C24H23N7O/c1-30-9-6-16(7-10-30)21-12-18(5-8-25-21)24(32)27-23-13-20-11-17(3-4-19(20)14-26-23)22-15-31(2)29-28-22/h3-6,8,11-15H,7,9-10H2,1-2H3,(H,26,27,32). The Balaban J connectivity index is 1.38. The molecule has 5 rings (SSSR count). The molecular formula is C24H23N7O. The second kappa shape index (κ2) is 8.32. The van der Waals surface area contributed by atoms with Crippen LogP contribution in [0.1, 0.15) is 22.5 Å². The number of carbonyl (C=O) groups excluding carboxylic acids is 1. The van der Waals surface area contributed by atoms with Crippen molar-refractivity contribution in [2.24, 2.45) is 7.05 Å². The molecular weight excluding hydrogens is 402 g/mol. The van der Waals surface area contributed by atoms with Gasteiger partial charge in [-0.05, 0) is 48.7 Å². The molecule has 0 saturated carbocycles. The van der Waals surface area contributed by atoms with E-state index in [4.69, 9.17) is 0 Å². The highest BCUT2D eigenvalue weighted by Gasteiger charge is 2.14. The van der Waals surface area contributed by atoms with Gasteiger partial charge >= 0.3 is 0 Å². The van der Waals surface area contributed by atoms with Crippen molar-refractivity contribution in [2.45, 2.75) is 6.42 Å². The van der Waals surface area contributed by atoms with Crippen molar-refractivity contribution in [3.8, 4) is 11.3 Å². The van der Waals surface area contributed by atoms with Crippen LogP contribution < -0.4 is 5.32 Å². The summed E-state index contributed by atoms with van der Waals surface area (Å²) in [6.07, 6.45) is 8.41. The number of carbonyl (C=O) groups is 1. The second-order valence-corrected chi connectivity index (χ2v) is 8.03. The summed E-state index contributed by atoms with van der Waals surface area (Å²) in [5.41, 5.74) is 4.34. The van der Waals surface area contributed by atoms with Gasteiger partial charge in [0.25, 0.3) is 5.91 Å². The van der Waals surface area contributed by atoms with Gasteiger partial charge in [0.1, 0.15) is 11.5 Å². The van der Waals surface area contributed by atoms with Gasteiger partial charge in [0.2, 0.25) is 0 Å². The van der Waals surface area contributed by atoms with Crippen LogP contribution in [0.15, 0.2) is 61.1 Å². The Morgan fingerprint density at radius 2 is 1.94 bits per heavy atom. The number of aromatic nitrogens is 5. The molecule has 1 aromatic carbocycles. The minimum absolute atomic E-state index is 0.209. The Morgan fingerprint density at radius 1 is 1.03 bits per heavy atom. The fourth-order valence-electron chi connectivity index (χ4n) is 3.79. The van der Waals surface area contributed by atoms with Crippen LogP contribution in [0, 0.1) is 0 Å². The van der Waals surface area contributed by atoms with Crippen LogP contribution in [-0.2, 0) is 7.05 Å². The molecule has 0 atom stereocenters. The van der Waals surface area contributed by atoms with Gasteiger partial charge in [-0.15, -0.1) is 5.10 Å². The molecule has 0 aliphatic carbocycles. The third-order valence-corrected chi connectivity index (χ3v) is 5.63. The number of nitrogens with zero attached hydrogens (tertiary/aromatic N) is 6. The van der Waals surface area contributed by atoms with E-state index < -0.39 is 0 Å². The SMILES string of the molecule is CN1CC=C(c2cc(C(=O)Nc3cc4cc(-c5cn(C)nn5)ccc4cn3)ccn2)CC1. The van der Waals surface area contributed by atoms with E-state index in [0.717, 1.165) is 47.2 Å². The molecule has 0 spiro atoms. The molecule has 8 heteroatoms. The predicted octanol–water partition coefficient (Wildman–Crippen LogP) is 3.40. The molecule has 160 valence electrons. The largest absolute Gasteiger partial charge is 0.307 e. The van der Waals surface area contributed by atoms with Gasteiger partial charge in [-0.1, -0.05) is 23.4 Å². The summed E-state index contributed by atoms with van der Waals surface area (Å²) in [6.45, 7) is 1.88. The topological polar surface area (TPSA) is 88.8 Å². The summed E-state index contributed by atoms with van der Waals surface area (Å²) in [5, 5.41) is 13.0. The summed E-state index contributed by atoms with van der Waals surface area (Å²) in [6, 6.07) is 11.4. The summed E-state index contributed by atoms with van der Waals surface area (Å²) < 4.78 is 1.67. The molecule has 1 aliphatic heterocycles.